The number of hydrogen-bond donors (Lipinski definition) is 1. The fraction of sp³-hybridized carbons (Fsp3) is 0.143. The third-order valence-corrected chi connectivity index (χ3v) is 2.29. The Morgan fingerprint density at radius 3 is 2.84 bits per heavy atom. The second-order valence-corrected chi connectivity index (χ2v) is 3.52. The molecule has 4 nitrogen and oxygen atoms in total. The zero-order valence-corrected chi connectivity index (χ0v) is 10.0. The molecular weight excluding hydrogens is 247 g/mol. The minimum absolute atomic E-state index is 0.105. The first kappa shape index (κ1) is 13.0. The van der Waals surface area contributed by atoms with Gasteiger partial charge in [0.25, 0.3) is 0 Å². The highest BCUT2D eigenvalue weighted by Crippen LogP contribution is 2.22. The van der Waals surface area contributed by atoms with E-state index in [1.165, 1.54) is 12.4 Å². The van der Waals surface area contributed by atoms with Gasteiger partial charge in [-0.25, -0.2) is 14.4 Å². The molecular formula is C14H11FN2O2. The average molecular weight is 258 g/mol. The Hall–Kier alpha value is -2.45. The summed E-state index contributed by atoms with van der Waals surface area (Å²) in [5, 5.41) is 8.49. The zero-order valence-electron chi connectivity index (χ0n) is 10.0. The van der Waals surface area contributed by atoms with E-state index in [2.05, 4.69) is 21.8 Å². The molecule has 0 spiro atoms. The largest absolute Gasteiger partial charge is 0.464 e. The van der Waals surface area contributed by atoms with Crippen molar-refractivity contribution in [2.45, 2.75) is 0 Å². The van der Waals surface area contributed by atoms with Crippen molar-refractivity contribution in [2.24, 2.45) is 0 Å². The van der Waals surface area contributed by atoms with Crippen LogP contribution in [0.3, 0.4) is 0 Å². The minimum atomic E-state index is -0.354. The summed E-state index contributed by atoms with van der Waals surface area (Å²) in [5.74, 6) is 5.00. The van der Waals surface area contributed by atoms with E-state index in [4.69, 9.17) is 9.84 Å². The molecule has 0 radical (unpaired) electrons. The van der Waals surface area contributed by atoms with Crippen LogP contribution in [0.4, 0.5) is 4.39 Å². The average Bonchev–Trinajstić information content (AvgIpc) is 2.44. The molecule has 0 aliphatic heterocycles. The van der Waals surface area contributed by atoms with Gasteiger partial charge < -0.3 is 9.84 Å². The molecule has 0 unspecified atom stereocenters. The van der Waals surface area contributed by atoms with Gasteiger partial charge in [0.1, 0.15) is 18.8 Å². The second-order valence-electron chi connectivity index (χ2n) is 3.52. The molecule has 0 aliphatic rings. The van der Waals surface area contributed by atoms with E-state index in [1.807, 2.05) is 0 Å². The Morgan fingerprint density at radius 1 is 1.21 bits per heavy atom. The maximum absolute atomic E-state index is 13.6. The molecule has 1 N–H and O–H groups in total. The van der Waals surface area contributed by atoms with Gasteiger partial charge in [-0.15, -0.1) is 0 Å². The van der Waals surface area contributed by atoms with Crippen LogP contribution in [0, 0.1) is 17.7 Å². The number of halogens is 1. The topological polar surface area (TPSA) is 55.2 Å². The van der Waals surface area contributed by atoms with Gasteiger partial charge in [0.15, 0.2) is 6.61 Å². The monoisotopic (exact) mass is 258 g/mol. The fourth-order valence-corrected chi connectivity index (χ4v) is 1.45. The van der Waals surface area contributed by atoms with E-state index in [0.29, 0.717) is 17.1 Å². The van der Waals surface area contributed by atoms with E-state index in [0.717, 1.165) is 0 Å². The third kappa shape index (κ3) is 3.50. The predicted molar refractivity (Wildman–Crippen MR) is 67.8 cm³/mol. The van der Waals surface area contributed by atoms with E-state index in [-0.39, 0.29) is 19.0 Å². The van der Waals surface area contributed by atoms with Gasteiger partial charge in [0.05, 0.1) is 5.69 Å². The van der Waals surface area contributed by atoms with Crippen molar-refractivity contribution in [3.05, 3.63) is 42.5 Å². The van der Waals surface area contributed by atoms with Crippen LogP contribution in [-0.4, -0.2) is 28.3 Å². The number of nitrogens with zero attached hydrogens (tertiary/aromatic N) is 2. The van der Waals surface area contributed by atoms with Gasteiger partial charge in [0, 0.05) is 11.6 Å². The van der Waals surface area contributed by atoms with Crippen LogP contribution in [0.1, 0.15) is 0 Å². The van der Waals surface area contributed by atoms with Crippen LogP contribution >= 0.6 is 0 Å². The Kier molecular flexibility index (Phi) is 4.43. The normalized spacial score (nSPS) is 9.58. The maximum atomic E-state index is 13.6. The Labute approximate surface area is 109 Å². The van der Waals surface area contributed by atoms with Crippen molar-refractivity contribution < 1.29 is 14.2 Å². The summed E-state index contributed by atoms with van der Waals surface area (Å²) < 4.78 is 18.9. The van der Waals surface area contributed by atoms with Gasteiger partial charge >= 0.3 is 0 Å². The maximum Gasteiger partial charge on any atom is 0.217 e. The van der Waals surface area contributed by atoms with Gasteiger partial charge in [-0.3, -0.25) is 0 Å². The van der Waals surface area contributed by atoms with Crippen LogP contribution in [0.5, 0.6) is 5.88 Å². The van der Waals surface area contributed by atoms with E-state index in [1.54, 1.807) is 24.3 Å². The first-order chi connectivity index (χ1) is 9.31. The van der Waals surface area contributed by atoms with Crippen molar-refractivity contribution in [3.63, 3.8) is 0 Å². The molecule has 0 fully saturated rings. The lowest BCUT2D eigenvalue weighted by atomic mass is 10.1. The lowest BCUT2D eigenvalue weighted by Crippen LogP contribution is -1.98. The van der Waals surface area contributed by atoms with Crippen LogP contribution in [0.15, 0.2) is 36.7 Å². The Bertz CT molecular complexity index is 620. The fourth-order valence-electron chi connectivity index (χ4n) is 1.45. The number of aromatic nitrogens is 2. The molecule has 0 saturated heterocycles. The summed E-state index contributed by atoms with van der Waals surface area (Å²) in [6.45, 7) is -0.109. The predicted octanol–water partition coefficient (Wildman–Crippen LogP) is 1.66. The first-order valence-electron chi connectivity index (χ1n) is 5.57. The molecule has 19 heavy (non-hydrogen) atoms. The molecule has 5 heteroatoms. The summed E-state index contributed by atoms with van der Waals surface area (Å²) in [4.78, 5) is 7.91. The second kappa shape index (κ2) is 6.47. The van der Waals surface area contributed by atoms with Crippen LogP contribution in [-0.2, 0) is 0 Å². The molecule has 0 atom stereocenters. The van der Waals surface area contributed by atoms with Crippen molar-refractivity contribution >= 4 is 0 Å². The molecule has 0 aliphatic carbocycles. The quantitative estimate of drug-likeness (QED) is 0.851. The highest BCUT2D eigenvalue weighted by Gasteiger charge is 2.06. The number of benzene rings is 1. The summed E-state index contributed by atoms with van der Waals surface area (Å²) in [7, 11) is 0. The highest BCUT2D eigenvalue weighted by molar-refractivity contribution is 5.60. The minimum Gasteiger partial charge on any atom is -0.464 e. The molecule has 1 aromatic carbocycles. The number of aliphatic hydroxyl groups excluding tert-OH is 1. The smallest absolute Gasteiger partial charge is 0.217 e. The number of ether oxygens (including phenoxy) is 1. The summed E-state index contributed by atoms with van der Waals surface area (Å²) in [6.07, 6.45) is 1.30. The Morgan fingerprint density at radius 2 is 2.05 bits per heavy atom. The summed E-state index contributed by atoms with van der Waals surface area (Å²) >= 11 is 0. The van der Waals surface area contributed by atoms with Crippen LogP contribution in [0.25, 0.3) is 11.3 Å². The van der Waals surface area contributed by atoms with Crippen molar-refractivity contribution in [2.75, 3.05) is 13.2 Å². The van der Waals surface area contributed by atoms with Crippen LogP contribution in [0.2, 0.25) is 0 Å². The molecule has 0 saturated carbocycles. The SMILES string of the molecule is OCC#CCOc1cc(-c2ccccc2F)ncn1. The first-order valence-corrected chi connectivity index (χ1v) is 5.57. The standard InChI is InChI=1S/C14H11FN2O2/c15-12-6-2-1-5-11(12)13-9-14(17-10-16-13)19-8-4-3-7-18/h1-2,5-6,9-10,18H,7-8H2. The molecule has 1 heterocycles. The number of hydrogen-bond acceptors (Lipinski definition) is 4. The summed E-state index contributed by atoms with van der Waals surface area (Å²) in [6, 6.07) is 7.88. The Balaban J connectivity index is 2.18. The lowest BCUT2D eigenvalue weighted by Gasteiger charge is -2.04. The molecule has 2 rings (SSSR count). The molecule has 2 aromatic rings. The molecule has 1 aromatic heterocycles. The van der Waals surface area contributed by atoms with E-state index in [9.17, 15) is 4.39 Å². The van der Waals surface area contributed by atoms with Crippen LogP contribution < -0.4 is 4.74 Å². The van der Waals surface area contributed by atoms with Gasteiger partial charge in [-0.1, -0.05) is 24.0 Å². The van der Waals surface area contributed by atoms with Gasteiger partial charge in [-0.2, -0.15) is 0 Å². The van der Waals surface area contributed by atoms with E-state index < -0.39 is 0 Å². The molecule has 96 valence electrons. The number of rotatable bonds is 3. The highest BCUT2D eigenvalue weighted by atomic mass is 19.1. The van der Waals surface area contributed by atoms with E-state index >= 15 is 0 Å². The van der Waals surface area contributed by atoms with Gasteiger partial charge in [-0.05, 0) is 12.1 Å². The number of aliphatic hydroxyl groups is 1. The lowest BCUT2D eigenvalue weighted by molar-refractivity contribution is 0.344. The van der Waals surface area contributed by atoms with Crippen molar-refractivity contribution in [1.29, 1.82) is 0 Å². The third-order valence-electron chi connectivity index (χ3n) is 2.29. The van der Waals surface area contributed by atoms with Gasteiger partial charge in [0.2, 0.25) is 5.88 Å². The van der Waals surface area contributed by atoms with Crippen molar-refractivity contribution in [3.8, 4) is 29.0 Å². The summed E-state index contributed by atoms with van der Waals surface area (Å²) in [5.41, 5.74) is 0.828. The zero-order chi connectivity index (χ0) is 13.5. The van der Waals surface area contributed by atoms with Crippen molar-refractivity contribution in [1.82, 2.24) is 9.97 Å². The molecule has 0 bridgehead atoms. The molecule has 0 amide bonds.